The highest BCUT2D eigenvalue weighted by atomic mass is 19.1. The zero-order valence-electron chi connectivity index (χ0n) is 11.9. The highest BCUT2D eigenvalue weighted by molar-refractivity contribution is 5.99. The van der Waals surface area contributed by atoms with Crippen molar-refractivity contribution in [1.29, 1.82) is 0 Å². The van der Waals surface area contributed by atoms with Crippen molar-refractivity contribution >= 4 is 11.6 Å². The monoisotopic (exact) mass is 266 g/mol. The molecule has 1 amide bonds. The van der Waals surface area contributed by atoms with Crippen molar-refractivity contribution in [1.82, 2.24) is 5.32 Å². The van der Waals surface area contributed by atoms with Crippen LogP contribution in [-0.4, -0.2) is 19.0 Å². The molecule has 4 heteroatoms. The molecule has 1 rings (SSSR count). The van der Waals surface area contributed by atoms with Gasteiger partial charge in [-0.15, -0.1) is 0 Å². The fourth-order valence-corrected chi connectivity index (χ4v) is 1.65. The van der Waals surface area contributed by atoms with E-state index in [9.17, 15) is 9.18 Å². The van der Waals surface area contributed by atoms with Crippen LogP contribution >= 0.6 is 0 Å². The molecule has 1 aromatic rings. The Labute approximate surface area is 114 Å². The van der Waals surface area contributed by atoms with Crippen LogP contribution in [0.5, 0.6) is 0 Å². The van der Waals surface area contributed by atoms with Gasteiger partial charge in [-0.25, -0.2) is 4.39 Å². The smallest absolute Gasteiger partial charge is 0.253 e. The number of benzene rings is 1. The lowest BCUT2D eigenvalue weighted by atomic mass is 10.1. The molecule has 0 aliphatic rings. The number of nitrogens with one attached hydrogen (secondary N) is 2. The van der Waals surface area contributed by atoms with Crippen molar-refractivity contribution in [3.63, 3.8) is 0 Å². The van der Waals surface area contributed by atoms with Gasteiger partial charge in [-0.3, -0.25) is 4.79 Å². The summed E-state index contributed by atoms with van der Waals surface area (Å²) in [5.41, 5.74) is 0.669. The molecule has 0 spiro atoms. The predicted molar refractivity (Wildman–Crippen MR) is 77.0 cm³/mol. The van der Waals surface area contributed by atoms with Crippen molar-refractivity contribution in [2.75, 3.05) is 18.4 Å². The molecule has 106 valence electrons. The lowest BCUT2D eigenvalue weighted by molar-refractivity contribution is 0.0948. The maximum absolute atomic E-state index is 13.8. The highest BCUT2D eigenvalue weighted by Gasteiger charge is 2.14. The summed E-state index contributed by atoms with van der Waals surface area (Å²) in [5.74, 6) is -0.187. The molecular weight excluding hydrogens is 243 g/mol. The average Bonchev–Trinajstić information content (AvgIpc) is 2.42. The third-order valence-electron chi connectivity index (χ3n) is 3.12. The van der Waals surface area contributed by atoms with Crippen molar-refractivity contribution < 1.29 is 9.18 Å². The lowest BCUT2D eigenvalue weighted by Crippen LogP contribution is -2.29. The molecular formula is C15H23FN2O. The van der Waals surface area contributed by atoms with E-state index in [2.05, 4.69) is 24.5 Å². The fourth-order valence-electron chi connectivity index (χ4n) is 1.65. The summed E-state index contributed by atoms with van der Waals surface area (Å²) in [6, 6.07) is 4.57. The van der Waals surface area contributed by atoms with Crippen LogP contribution < -0.4 is 10.6 Å². The van der Waals surface area contributed by atoms with E-state index in [1.165, 1.54) is 6.07 Å². The minimum absolute atomic E-state index is 0.224. The second kappa shape index (κ2) is 7.77. The van der Waals surface area contributed by atoms with Crippen LogP contribution in [0.2, 0.25) is 0 Å². The minimum Gasteiger partial charge on any atom is -0.382 e. The standard InChI is InChI=1S/C15H23FN2O/c1-4-9-17-14-12(7-6-8-13(14)16)15(19)18-10-11(3)5-2/h6-8,11,17H,4-5,9-10H2,1-3H3,(H,18,19). The second-order valence-electron chi connectivity index (χ2n) is 4.81. The van der Waals surface area contributed by atoms with Gasteiger partial charge in [-0.05, 0) is 24.5 Å². The first kappa shape index (κ1) is 15.5. The second-order valence-corrected chi connectivity index (χ2v) is 4.81. The Morgan fingerprint density at radius 1 is 1.37 bits per heavy atom. The molecule has 0 aromatic heterocycles. The summed E-state index contributed by atoms with van der Waals surface area (Å²) in [4.78, 5) is 12.1. The number of carbonyl (C=O) groups is 1. The van der Waals surface area contributed by atoms with Crippen molar-refractivity contribution in [3.05, 3.63) is 29.6 Å². The Morgan fingerprint density at radius 2 is 2.11 bits per heavy atom. The van der Waals surface area contributed by atoms with Crippen LogP contribution in [-0.2, 0) is 0 Å². The molecule has 2 N–H and O–H groups in total. The molecule has 1 unspecified atom stereocenters. The molecule has 0 heterocycles. The number of hydrogen-bond donors (Lipinski definition) is 2. The Morgan fingerprint density at radius 3 is 2.74 bits per heavy atom. The van der Waals surface area contributed by atoms with Crippen LogP contribution in [0.3, 0.4) is 0 Å². The van der Waals surface area contributed by atoms with Gasteiger partial charge < -0.3 is 10.6 Å². The van der Waals surface area contributed by atoms with E-state index in [1.54, 1.807) is 12.1 Å². The van der Waals surface area contributed by atoms with Gasteiger partial charge in [0, 0.05) is 13.1 Å². The molecule has 0 radical (unpaired) electrons. The van der Waals surface area contributed by atoms with Gasteiger partial charge in [-0.2, -0.15) is 0 Å². The number of amides is 1. The van der Waals surface area contributed by atoms with Gasteiger partial charge in [0.15, 0.2) is 0 Å². The Bertz CT molecular complexity index is 421. The summed E-state index contributed by atoms with van der Waals surface area (Å²) in [6.07, 6.45) is 1.88. The van der Waals surface area contributed by atoms with Gasteiger partial charge >= 0.3 is 0 Å². The molecule has 0 saturated heterocycles. The molecule has 0 bridgehead atoms. The van der Waals surface area contributed by atoms with E-state index in [0.29, 0.717) is 30.3 Å². The van der Waals surface area contributed by atoms with E-state index in [0.717, 1.165) is 12.8 Å². The average molecular weight is 266 g/mol. The van der Waals surface area contributed by atoms with Crippen molar-refractivity contribution in [2.24, 2.45) is 5.92 Å². The van der Waals surface area contributed by atoms with E-state index in [-0.39, 0.29) is 11.7 Å². The van der Waals surface area contributed by atoms with E-state index in [1.807, 2.05) is 6.92 Å². The van der Waals surface area contributed by atoms with Crippen molar-refractivity contribution in [3.8, 4) is 0 Å². The fraction of sp³-hybridized carbons (Fsp3) is 0.533. The predicted octanol–water partition coefficient (Wildman–Crippen LogP) is 3.42. The molecule has 0 saturated carbocycles. The first-order valence-electron chi connectivity index (χ1n) is 6.90. The van der Waals surface area contributed by atoms with E-state index in [4.69, 9.17) is 0 Å². The minimum atomic E-state index is -0.385. The molecule has 1 aromatic carbocycles. The highest BCUT2D eigenvalue weighted by Crippen LogP contribution is 2.19. The van der Waals surface area contributed by atoms with Crippen LogP contribution in [0.4, 0.5) is 10.1 Å². The molecule has 0 aliphatic heterocycles. The molecule has 19 heavy (non-hydrogen) atoms. The van der Waals surface area contributed by atoms with Crippen LogP contribution in [0.15, 0.2) is 18.2 Å². The SMILES string of the molecule is CCCNc1c(F)cccc1C(=O)NCC(C)CC. The number of rotatable bonds is 7. The van der Waals surface area contributed by atoms with Crippen LogP contribution in [0.1, 0.15) is 44.0 Å². The van der Waals surface area contributed by atoms with Gasteiger partial charge in [0.2, 0.25) is 0 Å². The largest absolute Gasteiger partial charge is 0.382 e. The number of anilines is 1. The lowest BCUT2D eigenvalue weighted by Gasteiger charge is -2.14. The summed E-state index contributed by atoms with van der Waals surface area (Å²) >= 11 is 0. The Hall–Kier alpha value is -1.58. The summed E-state index contributed by atoms with van der Waals surface area (Å²) in [7, 11) is 0. The van der Waals surface area contributed by atoms with Gasteiger partial charge in [0.25, 0.3) is 5.91 Å². The summed E-state index contributed by atoms with van der Waals surface area (Å²) < 4.78 is 13.8. The summed E-state index contributed by atoms with van der Waals surface area (Å²) in [5, 5.41) is 5.83. The van der Waals surface area contributed by atoms with Crippen LogP contribution in [0, 0.1) is 11.7 Å². The number of hydrogen-bond acceptors (Lipinski definition) is 2. The molecule has 0 fully saturated rings. The zero-order chi connectivity index (χ0) is 14.3. The quantitative estimate of drug-likeness (QED) is 0.794. The van der Waals surface area contributed by atoms with Gasteiger partial charge in [0.1, 0.15) is 5.82 Å². The number of carbonyl (C=O) groups excluding carboxylic acids is 1. The third kappa shape index (κ3) is 4.54. The van der Waals surface area contributed by atoms with E-state index < -0.39 is 0 Å². The molecule has 0 aliphatic carbocycles. The number of halogens is 1. The van der Waals surface area contributed by atoms with Crippen LogP contribution in [0.25, 0.3) is 0 Å². The van der Waals surface area contributed by atoms with Gasteiger partial charge in [-0.1, -0.05) is 33.3 Å². The molecule has 3 nitrogen and oxygen atoms in total. The first-order valence-corrected chi connectivity index (χ1v) is 6.90. The summed E-state index contributed by atoms with van der Waals surface area (Å²) in [6.45, 7) is 7.40. The molecule has 1 atom stereocenters. The van der Waals surface area contributed by atoms with Gasteiger partial charge in [0.05, 0.1) is 11.3 Å². The third-order valence-corrected chi connectivity index (χ3v) is 3.12. The first-order chi connectivity index (χ1) is 9.10. The Balaban J connectivity index is 2.80. The maximum atomic E-state index is 13.8. The normalized spacial score (nSPS) is 12.0. The van der Waals surface area contributed by atoms with Crippen molar-refractivity contribution in [2.45, 2.75) is 33.6 Å². The maximum Gasteiger partial charge on any atom is 0.253 e. The van der Waals surface area contributed by atoms with E-state index >= 15 is 0 Å². The topological polar surface area (TPSA) is 41.1 Å². The number of para-hydroxylation sites is 1. The zero-order valence-corrected chi connectivity index (χ0v) is 11.9. The Kier molecular flexibility index (Phi) is 6.33.